The minimum atomic E-state index is 0.0222. The summed E-state index contributed by atoms with van der Waals surface area (Å²) in [6.07, 6.45) is 3.47. The monoisotopic (exact) mass is 414 g/mol. The van der Waals surface area contributed by atoms with E-state index in [-0.39, 0.29) is 11.9 Å². The largest absolute Gasteiger partial charge is 0.496 e. The first-order valence-electron chi connectivity index (χ1n) is 8.64. The van der Waals surface area contributed by atoms with E-state index in [2.05, 4.69) is 40.0 Å². The van der Waals surface area contributed by atoms with Crippen molar-refractivity contribution in [3.63, 3.8) is 0 Å². The Morgan fingerprint density at radius 2 is 1.96 bits per heavy atom. The van der Waals surface area contributed by atoms with Gasteiger partial charge in [-0.25, -0.2) is 0 Å². The number of nitrogens with zero attached hydrogens (tertiary/aromatic N) is 2. The Bertz CT molecular complexity index is 792. The van der Waals surface area contributed by atoms with Crippen molar-refractivity contribution in [1.29, 1.82) is 0 Å². The molecular weight excluding hydrogens is 392 g/mol. The number of hydrogen-bond acceptors (Lipinski definition) is 3. The van der Waals surface area contributed by atoms with Gasteiger partial charge in [0.25, 0.3) is 0 Å². The van der Waals surface area contributed by atoms with Crippen molar-refractivity contribution < 1.29 is 9.53 Å². The predicted octanol–water partition coefficient (Wildman–Crippen LogP) is 3.99. The fraction of sp³-hybridized carbons (Fsp3) is 0.286. The van der Waals surface area contributed by atoms with E-state index in [1.807, 2.05) is 47.4 Å². The Kier molecular flexibility index (Phi) is 6.12. The third-order valence-electron chi connectivity index (χ3n) is 4.65. The van der Waals surface area contributed by atoms with Crippen molar-refractivity contribution in [2.75, 3.05) is 33.8 Å². The zero-order valence-electron chi connectivity index (χ0n) is 15.1. The molecule has 1 atom stereocenters. The van der Waals surface area contributed by atoms with Gasteiger partial charge in [0.15, 0.2) is 0 Å². The molecule has 1 heterocycles. The van der Waals surface area contributed by atoms with Crippen LogP contribution in [0.5, 0.6) is 5.75 Å². The molecule has 2 aromatic carbocycles. The highest BCUT2D eigenvalue weighted by atomic mass is 79.9. The van der Waals surface area contributed by atoms with E-state index in [1.165, 1.54) is 5.56 Å². The van der Waals surface area contributed by atoms with Gasteiger partial charge >= 0.3 is 0 Å². The van der Waals surface area contributed by atoms with Gasteiger partial charge in [-0.2, -0.15) is 0 Å². The lowest BCUT2D eigenvalue weighted by molar-refractivity contribution is -0.130. The van der Waals surface area contributed by atoms with Crippen LogP contribution in [0.2, 0.25) is 0 Å². The normalized spacial score (nSPS) is 18.3. The average molecular weight is 415 g/mol. The summed E-state index contributed by atoms with van der Waals surface area (Å²) in [5.41, 5.74) is 2.04. The zero-order valence-corrected chi connectivity index (χ0v) is 16.6. The molecule has 3 rings (SSSR count). The molecule has 1 aliphatic heterocycles. The Labute approximate surface area is 163 Å². The molecule has 0 bridgehead atoms. The van der Waals surface area contributed by atoms with Crippen molar-refractivity contribution in [1.82, 2.24) is 9.80 Å². The van der Waals surface area contributed by atoms with Crippen molar-refractivity contribution >= 4 is 27.9 Å². The van der Waals surface area contributed by atoms with Crippen LogP contribution in [0.4, 0.5) is 0 Å². The molecule has 0 saturated carbocycles. The van der Waals surface area contributed by atoms with E-state index in [0.29, 0.717) is 0 Å². The molecule has 136 valence electrons. The van der Waals surface area contributed by atoms with E-state index in [0.717, 1.165) is 35.4 Å². The van der Waals surface area contributed by atoms with Crippen molar-refractivity contribution in [3.8, 4) is 5.75 Å². The molecular formula is C21H23BrN2O2. The molecule has 1 fully saturated rings. The lowest BCUT2D eigenvalue weighted by Gasteiger charge is -2.40. The zero-order chi connectivity index (χ0) is 18.5. The molecule has 4 nitrogen and oxygen atoms in total. The summed E-state index contributed by atoms with van der Waals surface area (Å²) in [4.78, 5) is 17.1. The first kappa shape index (κ1) is 18.7. The van der Waals surface area contributed by atoms with Crippen molar-refractivity contribution in [2.24, 2.45) is 0 Å². The number of hydrogen-bond donors (Lipinski definition) is 0. The summed E-state index contributed by atoms with van der Waals surface area (Å²) in [6.45, 7) is 2.43. The van der Waals surface area contributed by atoms with Gasteiger partial charge < -0.3 is 14.5 Å². The summed E-state index contributed by atoms with van der Waals surface area (Å²) in [7, 11) is 3.73. The van der Waals surface area contributed by atoms with Gasteiger partial charge in [-0.05, 0) is 36.9 Å². The summed E-state index contributed by atoms with van der Waals surface area (Å²) in [5, 5.41) is 0. The van der Waals surface area contributed by atoms with Gasteiger partial charge in [0.2, 0.25) is 5.91 Å². The number of likely N-dealkylation sites (N-methyl/N-ethyl adjacent to an activating group) is 1. The maximum Gasteiger partial charge on any atom is 0.247 e. The standard InChI is InChI=1S/C21H23BrN2O2/c1-23-12-13-24(19(15-23)16-6-4-3-5-7-16)21(25)11-8-17-14-18(22)9-10-20(17)26-2/h3-11,14,19H,12-13,15H2,1-2H3/b11-8+. The van der Waals surface area contributed by atoms with E-state index < -0.39 is 0 Å². The number of methoxy groups -OCH3 is 1. The van der Waals surface area contributed by atoms with Crippen LogP contribution in [0, 0.1) is 0 Å². The van der Waals surface area contributed by atoms with E-state index in [9.17, 15) is 4.79 Å². The predicted molar refractivity (Wildman–Crippen MR) is 108 cm³/mol. The molecule has 1 amide bonds. The summed E-state index contributed by atoms with van der Waals surface area (Å²) >= 11 is 3.47. The Balaban J connectivity index is 1.82. The first-order valence-corrected chi connectivity index (χ1v) is 9.43. The number of halogens is 1. The van der Waals surface area contributed by atoms with Crippen molar-refractivity contribution in [2.45, 2.75) is 6.04 Å². The van der Waals surface area contributed by atoms with E-state index in [4.69, 9.17) is 4.74 Å². The second-order valence-electron chi connectivity index (χ2n) is 6.44. The smallest absolute Gasteiger partial charge is 0.247 e. The number of amides is 1. The fourth-order valence-corrected chi connectivity index (χ4v) is 3.61. The topological polar surface area (TPSA) is 32.8 Å². The number of ether oxygens (including phenoxy) is 1. The minimum absolute atomic E-state index is 0.0222. The molecule has 0 radical (unpaired) electrons. The summed E-state index contributed by atoms with van der Waals surface area (Å²) in [5.74, 6) is 0.768. The van der Waals surface area contributed by atoms with Crippen LogP contribution >= 0.6 is 15.9 Å². The van der Waals surface area contributed by atoms with E-state index in [1.54, 1.807) is 13.2 Å². The molecule has 26 heavy (non-hydrogen) atoms. The third kappa shape index (κ3) is 4.34. The second-order valence-corrected chi connectivity index (χ2v) is 7.36. The SMILES string of the molecule is COc1ccc(Br)cc1/C=C/C(=O)N1CCN(C)CC1c1ccccc1. The van der Waals surface area contributed by atoms with Crippen LogP contribution in [-0.2, 0) is 4.79 Å². The maximum atomic E-state index is 12.9. The van der Waals surface area contributed by atoms with Crippen LogP contribution < -0.4 is 4.74 Å². The molecule has 0 N–H and O–H groups in total. The van der Waals surface area contributed by atoms with Gasteiger partial charge in [0.1, 0.15) is 5.75 Å². The van der Waals surface area contributed by atoms with Crippen LogP contribution in [0.3, 0.4) is 0 Å². The van der Waals surface area contributed by atoms with Gasteiger partial charge in [0, 0.05) is 35.7 Å². The summed E-state index contributed by atoms with van der Waals surface area (Å²) in [6, 6.07) is 16.0. The molecule has 0 spiro atoms. The van der Waals surface area contributed by atoms with Gasteiger partial charge in [-0.1, -0.05) is 46.3 Å². The number of carbonyl (C=O) groups is 1. The van der Waals surface area contributed by atoms with Crippen LogP contribution in [0.1, 0.15) is 17.2 Å². The number of carbonyl (C=O) groups excluding carboxylic acids is 1. The molecule has 5 heteroatoms. The van der Waals surface area contributed by atoms with Crippen LogP contribution in [-0.4, -0.2) is 49.5 Å². The Morgan fingerprint density at radius 3 is 2.69 bits per heavy atom. The van der Waals surface area contributed by atoms with Gasteiger partial charge in [-0.3, -0.25) is 4.79 Å². The van der Waals surface area contributed by atoms with Gasteiger partial charge in [0.05, 0.1) is 13.2 Å². The average Bonchev–Trinajstić information content (AvgIpc) is 2.67. The third-order valence-corrected chi connectivity index (χ3v) is 5.14. The Morgan fingerprint density at radius 1 is 1.19 bits per heavy atom. The van der Waals surface area contributed by atoms with E-state index >= 15 is 0 Å². The molecule has 1 saturated heterocycles. The quantitative estimate of drug-likeness (QED) is 0.709. The Hall–Kier alpha value is -2.11. The molecule has 0 aromatic heterocycles. The minimum Gasteiger partial charge on any atom is -0.496 e. The number of piperazine rings is 1. The molecule has 0 aliphatic carbocycles. The van der Waals surface area contributed by atoms with Crippen molar-refractivity contribution in [3.05, 3.63) is 70.2 Å². The van der Waals surface area contributed by atoms with Crippen LogP contribution in [0.15, 0.2) is 59.1 Å². The number of benzene rings is 2. The maximum absolute atomic E-state index is 12.9. The fourth-order valence-electron chi connectivity index (χ4n) is 3.24. The summed E-state index contributed by atoms with van der Waals surface area (Å²) < 4.78 is 6.33. The first-order chi connectivity index (χ1) is 12.6. The lowest BCUT2D eigenvalue weighted by atomic mass is 10.0. The van der Waals surface area contributed by atoms with Crippen LogP contribution in [0.25, 0.3) is 6.08 Å². The second kappa shape index (κ2) is 8.52. The lowest BCUT2D eigenvalue weighted by Crippen LogP contribution is -2.48. The molecule has 1 unspecified atom stereocenters. The molecule has 2 aromatic rings. The number of rotatable bonds is 4. The highest BCUT2D eigenvalue weighted by molar-refractivity contribution is 9.10. The highest BCUT2D eigenvalue weighted by Gasteiger charge is 2.28. The molecule has 1 aliphatic rings. The highest BCUT2D eigenvalue weighted by Crippen LogP contribution is 2.27. The van der Waals surface area contributed by atoms with Gasteiger partial charge in [-0.15, -0.1) is 0 Å².